The lowest BCUT2D eigenvalue weighted by molar-refractivity contribution is -0.133. The number of carbonyl (C=O) groups is 2. The van der Waals surface area contributed by atoms with E-state index in [0.29, 0.717) is 25.4 Å². The first-order valence-electron chi connectivity index (χ1n) is 8.35. The molecule has 5 heteroatoms. The van der Waals surface area contributed by atoms with E-state index < -0.39 is 5.60 Å². The maximum Gasteiger partial charge on any atom is 0.407 e. The summed E-state index contributed by atoms with van der Waals surface area (Å²) in [6.07, 6.45) is 1.97. The highest BCUT2D eigenvalue weighted by molar-refractivity contribution is 5.76. The number of amides is 2. The van der Waals surface area contributed by atoms with Gasteiger partial charge in [0.05, 0.1) is 0 Å². The highest BCUT2D eigenvalue weighted by Crippen LogP contribution is 2.19. The van der Waals surface area contributed by atoms with Gasteiger partial charge >= 0.3 is 6.09 Å². The van der Waals surface area contributed by atoms with Crippen LogP contribution in [0.2, 0.25) is 0 Å². The number of hydrogen-bond acceptors (Lipinski definition) is 3. The molecule has 1 saturated heterocycles. The number of carbonyl (C=O) groups excluding carboxylic acids is 2. The van der Waals surface area contributed by atoms with Gasteiger partial charge in [0.25, 0.3) is 0 Å². The van der Waals surface area contributed by atoms with Crippen molar-refractivity contribution in [2.24, 2.45) is 11.8 Å². The second kappa shape index (κ2) is 7.84. The van der Waals surface area contributed by atoms with Crippen LogP contribution in [0.3, 0.4) is 0 Å². The molecule has 128 valence electrons. The summed E-state index contributed by atoms with van der Waals surface area (Å²) in [6, 6.07) is 0.0731. The zero-order chi connectivity index (χ0) is 16.9. The van der Waals surface area contributed by atoms with Gasteiger partial charge in [-0.1, -0.05) is 20.8 Å². The van der Waals surface area contributed by atoms with Crippen LogP contribution in [0.1, 0.15) is 60.8 Å². The molecule has 2 amide bonds. The molecule has 0 aromatic rings. The Labute approximate surface area is 134 Å². The van der Waals surface area contributed by atoms with E-state index in [4.69, 9.17) is 4.74 Å². The van der Waals surface area contributed by atoms with Gasteiger partial charge in [-0.25, -0.2) is 4.79 Å². The quantitative estimate of drug-likeness (QED) is 0.867. The Morgan fingerprint density at radius 1 is 1.32 bits per heavy atom. The molecule has 0 aromatic carbocycles. The summed E-state index contributed by atoms with van der Waals surface area (Å²) in [5.74, 6) is 1.02. The monoisotopic (exact) mass is 312 g/mol. The smallest absolute Gasteiger partial charge is 0.407 e. The lowest BCUT2D eigenvalue weighted by atomic mass is 9.93. The minimum Gasteiger partial charge on any atom is -0.444 e. The Bertz CT molecular complexity index is 388. The van der Waals surface area contributed by atoms with Crippen LogP contribution in [0.4, 0.5) is 4.79 Å². The lowest BCUT2D eigenvalue weighted by Gasteiger charge is -2.37. The Morgan fingerprint density at radius 2 is 1.95 bits per heavy atom. The fourth-order valence-electron chi connectivity index (χ4n) is 2.62. The number of nitrogens with one attached hydrogen (secondary N) is 1. The molecule has 0 saturated carbocycles. The maximum atomic E-state index is 12.2. The second-order valence-corrected chi connectivity index (χ2v) is 7.79. The summed E-state index contributed by atoms with van der Waals surface area (Å²) in [7, 11) is 0. The van der Waals surface area contributed by atoms with Crippen molar-refractivity contribution in [1.82, 2.24) is 10.2 Å². The topological polar surface area (TPSA) is 58.6 Å². The fourth-order valence-corrected chi connectivity index (χ4v) is 2.62. The molecule has 0 aromatic heterocycles. The summed E-state index contributed by atoms with van der Waals surface area (Å²) >= 11 is 0. The van der Waals surface area contributed by atoms with E-state index in [1.807, 2.05) is 25.7 Å². The van der Waals surface area contributed by atoms with Crippen LogP contribution in [0.15, 0.2) is 0 Å². The van der Waals surface area contributed by atoms with E-state index in [1.165, 1.54) is 0 Å². The molecule has 0 bridgehead atoms. The van der Waals surface area contributed by atoms with Gasteiger partial charge in [0.2, 0.25) is 5.91 Å². The molecule has 5 nitrogen and oxygen atoms in total. The van der Waals surface area contributed by atoms with Crippen molar-refractivity contribution in [3.63, 3.8) is 0 Å². The molecule has 0 unspecified atom stereocenters. The van der Waals surface area contributed by atoms with E-state index >= 15 is 0 Å². The molecule has 2 atom stereocenters. The summed E-state index contributed by atoms with van der Waals surface area (Å²) in [5, 5.41) is 2.94. The van der Waals surface area contributed by atoms with Crippen molar-refractivity contribution in [3.05, 3.63) is 0 Å². The molecular formula is C17H32N2O3. The zero-order valence-corrected chi connectivity index (χ0v) is 14.9. The summed E-state index contributed by atoms with van der Waals surface area (Å²) in [4.78, 5) is 26.0. The van der Waals surface area contributed by atoms with Crippen molar-refractivity contribution in [3.8, 4) is 0 Å². The highest BCUT2D eigenvalue weighted by atomic mass is 16.6. The van der Waals surface area contributed by atoms with Gasteiger partial charge in [-0.05, 0) is 45.4 Å². The number of alkyl carbamates (subject to hydrolysis) is 1. The largest absolute Gasteiger partial charge is 0.444 e. The van der Waals surface area contributed by atoms with E-state index in [-0.39, 0.29) is 24.0 Å². The molecule has 0 radical (unpaired) electrons. The Hall–Kier alpha value is -1.26. The number of ether oxygens (including phenoxy) is 1. The van der Waals surface area contributed by atoms with Gasteiger partial charge in [0.15, 0.2) is 0 Å². The Balaban J connectivity index is 2.42. The van der Waals surface area contributed by atoms with Crippen molar-refractivity contribution in [2.45, 2.75) is 72.4 Å². The number of hydrogen-bond donors (Lipinski definition) is 1. The van der Waals surface area contributed by atoms with Crippen molar-refractivity contribution >= 4 is 12.0 Å². The molecule has 0 spiro atoms. The minimum atomic E-state index is -0.485. The Kier molecular flexibility index (Phi) is 6.69. The molecule has 22 heavy (non-hydrogen) atoms. The van der Waals surface area contributed by atoms with Crippen LogP contribution in [0.5, 0.6) is 0 Å². The van der Waals surface area contributed by atoms with Gasteiger partial charge in [-0.2, -0.15) is 0 Å². The van der Waals surface area contributed by atoms with Crippen LogP contribution in [-0.4, -0.2) is 41.6 Å². The van der Waals surface area contributed by atoms with Gasteiger partial charge in [-0.15, -0.1) is 0 Å². The fraction of sp³-hybridized carbons (Fsp3) is 0.882. The maximum absolute atomic E-state index is 12.2. The normalized spacial score (nSPS) is 22.6. The summed E-state index contributed by atoms with van der Waals surface area (Å²) in [6.45, 7) is 13.3. The van der Waals surface area contributed by atoms with E-state index in [2.05, 4.69) is 26.1 Å². The molecule has 1 rings (SSSR count). The van der Waals surface area contributed by atoms with E-state index in [0.717, 1.165) is 12.8 Å². The SMILES string of the molecule is CC(C)CCC(=O)N1CC[C@@H](NC(=O)OC(C)(C)C)[C@@H](C)C1. The molecule has 1 aliphatic rings. The predicted octanol–water partition coefficient (Wildman–Crippen LogP) is 3.18. The third kappa shape index (κ3) is 6.67. The molecule has 1 N–H and O–H groups in total. The van der Waals surface area contributed by atoms with Crippen LogP contribution in [0.25, 0.3) is 0 Å². The molecule has 0 aliphatic carbocycles. The summed E-state index contributed by atoms with van der Waals surface area (Å²) < 4.78 is 5.30. The molecule has 1 aliphatic heterocycles. The van der Waals surface area contributed by atoms with Crippen molar-refractivity contribution < 1.29 is 14.3 Å². The molecule has 1 heterocycles. The van der Waals surface area contributed by atoms with Crippen LogP contribution in [-0.2, 0) is 9.53 Å². The van der Waals surface area contributed by atoms with Crippen molar-refractivity contribution in [2.75, 3.05) is 13.1 Å². The minimum absolute atomic E-state index is 0.0731. The zero-order valence-electron chi connectivity index (χ0n) is 14.9. The summed E-state index contributed by atoms with van der Waals surface area (Å²) in [5.41, 5.74) is -0.485. The van der Waals surface area contributed by atoms with Gasteiger partial charge in [-0.3, -0.25) is 4.79 Å². The number of likely N-dealkylation sites (tertiary alicyclic amines) is 1. The van der Waals surface area contributed by atoms with Crippen LogP contribution < -0.4 is 5.32 Å². The predicted molar refractivity (Wildman–Crippen MR) is 87.6 cm³/mol. The third-order valence-electron chi connectivity index (χ3n) is 3.90. The van der Waals surface area contributed by atoms with Gasteiger partial charge in [0.1, 0.15) is 5.60 Å². The highest BCUT2D eigenvalue weighted by Gasteiger charge is 2.30. The van der Waals surface area contributed by atoms with E-state index in [9.17, 15) is 9.59 Å². The van der Waals surface area contributed by atoms with E-state index in [1.54, 1.807) is 0 Å². The van der Waals surface area contributed by atoms with Gasteiger partial charge in [0, 0.05) is 25.6 Å². The first-order chi connectivity index (χ1) is 10.1. The third-order valence-corrected chi connectivity index (χ3v) is 3.90. The number of rotatable bonds is 4. The molecular weight excluding hydrogens is 280 g/mol. The van der Waals surface area contributed by atoms with Gasteiger partial charge < -0.3 is 15.0 Å². The average Bonchev–Trinajstić information content (AvgIpc) is 2.36. The average molecular weight is 312 g/mol. The first-order valence-corrected chi connectivity index (χ1v) is 8.35. The first kappa shape index (κ1) is 18.8. The molecule has 1 fully saturated rings. The number of piperidine rings is 1. The number of nitrogens with zero attached hydrogens (tertiary/aromatic N) is 1. The standard InChI is InChI=1S/C17H32N2O3/c1-12(2)7-8-15(20)19-10-9-14(13(3)11-19)18-16(21)22-17(4,5)6/h12-14H,7-11H2,1-6H3,(H,18,21)/t13-,14+/m0/s1. The van der Waals surface area contributed by atoms with Crippen LogP contribution in [0, 0.1) is 11.8 Å². The Morgan fingerprint density at radius 3 is 2.45 bits per heavy atom. The van der Waals surface area contributed by atoms with Crippen LogP contribution >= 0.6 is 0 Å². The second-order valence-electron chi connectivity index (χ2n) is 7.79. The lowest BCUT2D eigenvalue weighted by Crippen LogP contribution is -2.52. The van der Waals surface area contributed by atoms with Crippen molar-refractivity contribution in [1.29, 1.82) is 0 Å².